The van der Waals surface area contributed by atoms with Gasteiger partial charge in [0.1, 0.15) is 11.5 Å². The second-order valence-corrected chi connectivity index (χ2v) is 9.30. The Bertz CT molecular complexity index is 998. The minimum absolute atomic E-state index is 0.0988. The van der Waals surface area contributed by atoms with Gasteiger partial charge in [0.25, 0.3) is 11.8 Å². The third-order valence-corrected chi connectivity index (χ3v) is 6.80. The zero-order valence-corrected chi connectivity index (χ0v) is 19.1. The van der Waals surface area contributed by atoms with Crippen molar-refractivity contribution in [3.8, 4) is 5.75 Å². The standard InChI is InChI=1S/C24H31N3O6/c1-16-11-18(25-33-16)23(31)27-9-7-24(8-10-27)13-20(29)19(28)12-17-5-3-4-6-21(17)32-14-22(30)26(2)15-24/h3-6,11,19-20,28-29H,7-10,12-15H2,1-2H3/t19-,20+/m0/s1. The summed E-state index contributed by atoms with van der Waals surface area (Å²) in [6.45, 7) is 2.98. The number of benzene rings is 1. The van der Waals surface area contributed by atoms with E-state index in [1.165, 1.54) is 0 Å². The minimum atomic E-state index is -0.971. The van der Waals surface area contributed by atoms with E-state index in [4.69, 9.17) is 9.26 Å². The summed E-state index contributed by atoms with van der Waals surface area (Å²) < 4.78 is 10.8. The molecule has 1 fully saturated rings. The summed E-state index contributed by atoms with van der Waals surface area (Å²) in [5.41, 5.74) is 0.596. The first-order valence-corrected chi connectivity index (χ1v) is 11.3. The van der Waals surface area contributed by atoms with Crippen LogP contribution in [0.25, 0.3) is 0 Å². The van der Waals surface area contributed by atoms with E-state index in [9.17, 15) is 19.8 Å². The molecule has 0 aliphatic carbocycles. The number of nitrogens with zero attached hydrogens (tertiary/aromatic N) is 3. The number of amides is 2. The van der Waals surface area contributed by atoms with Crippen molar-refractivity contribution < 1.29 is 29.1 Å². The lowest BCUT2D eigenvalue weighted by molar-refractivity contribution is -0.135. The predicted molar refractivity (Wildman–Crippen MR) is 119 cm³/mol. The third kappa shape index (κ3) is 5.20. The van der Waals surface area contributed by atoms with E-state index in [1.54, 1.807) is 35.9 Å². The van der Waals surface area contributed by atoms with Crippen molar-refractivity contribution in [3.05, 3.63) is 47.3 Å². The van der Waals surface area contributed by atoms with E-state index in [2.05, 4.69) is 5.16 Å². The van der Waals surface area contributed by atoms with E-state index in [0.717, 1.165) is 5.56 Å². The average Bonchev–Trinajstić information content (AvgIpc) is 3.23. The van der Waals surface area contributed by atoms with Crippen LogP contribution in [-0.4, -0.2) is 82.5 Å². The van der Waals surface area contributed by atoms with Crippen LogP contribution in [-0.2, 0) is 11.2 Å². The van der Waals surface area contributed by atoms with Crippen LogP contribution >= 0.6 is 0 Å². The lowest BCUT2D eigenvalue weighted by Gasteiger charge is -2.45. The maximum atomic E-state index is 12.8. The molecule has 2 aliphatic rings. The number of likely N-dealkylation sites (tertiary alicyclic amines) is 1. The van der Waals surface area contributed by atoms with Crippen LogP contribution in [0.5, 0.6) is 5.75 Å². The summed E-state index contributed by atoms with van der Waals surface area (Å²) in [4.78, 5) is 28.9. The maximum absolute atomic E-state index is 12.8. The van der Waals surface area contributed by atoms with E-state index >= 15 is 0 Å². The summed E-state index contributed by atoms with van der Waals surface area (Å²) in [5.74, 6) is 0.768. The fraction of sp³-hybridized carbons (Fsp3) is 0.542. The molecule has 2 N–H and O–H groups in total. The van der Waals surface area contributed by atoms with Gasteiger partial charge in [-0.15, -0.1) is 0 Å². The first-order valence-electron chi connectivity index (χ1n) is 11.3. The van der Waals surface area contributed by atoms with Gasteiger partial charge in [-0.1, -0.05) is 23.4 Å². The van der Waals surface area contributed by atoms with Crippen molar-refractivity contribution in [2.24, 2.45) is 5.41 Å². The summed E-state index contributed by atoms with van der Waals surface area (Å²) >= 11 is 0. The molecule has 0 unspecified atom stereocenters. The van der Waals surface area contributed by atoms with Crippen molar-refractivity contribution in [1.82, 2.24) is 15.0 Å². The van der Waals surface area contributed by atoms with Crippen molar-refractivity contribution in [1.29, 1.82) is 0 Å². The summed E-state index contributed by atoms with van der Waals surface area (Å²) in [6.07, 6.45) is -0.192. The Morgan fingerprint density at radius 1 is 1.18 bits per heavy atom. The highest BCUT2D eigenvalue weighted by molar-refractivity contribution is 5.92. The molecular weight excluding hydrogens is 426 g/mol. The van der Waals surface area contributed by atoms with Gasteiger partial charge in [0.05, 0.1) is 12.2 Å². The number of hydrogen-bond acceptors (Lipinski definition) is 7. The Morgan fingerprint density at radius 2 is 1.91 bits per heavy atom. The zero-order valence-electron chi connectivity index (χ0n) is 19.1. The van der Waals surface area contributed by atoms with Crippen LogP contribution in [0.3, 0.4) is 0 Å². The monoisotopic (exact) mass is 457 g/mol. The molecule has 9 heteroatoms. The van der Waals surface area contributed by atoms with Crippen molar-refractivity contribution >= 4 is 11.8 Å². The van der Waals surface area contributed by atoms with Gasteiger partial charge in [-0.3, -0.25) is 9.59 Å². The van der Waals surface area contributed by atoms with E-state index in [0.29, 0.717) is 50.4 Å². The van der Waals surface area contributed by atoms with Crippen molar-refractivity contribution in [2.75, 3.05) is 33.3 Å². The molecule has 0 bridgehead atoms. The number of ether oxygens (including phenoxy) is 1. The molecular formula is C24H31N3O6. The molecule has 33 heavy (non-hydrogen) atoms. The largest absolute Gasteiger partial charge is 0.483 e. The molecule has 0 radical (unpaired) electrons. The number of hydrogen-bond donors (Lipinski definition) is 2. The SMILES string of the molecule is Cc1cc(C(=O)N2CCC3(CC2)C[C@@H](O)[C@@H](O)Cc2ccccc2OCC(=O)N(C)C3)no1. The van der Waals surface area contributed by atoms with E-state index in [-0.39, 0.29) is 30.5 Å². The highest BCUT2D eigenvalue weighted by atomic mass is 16.5. The third-order valence-electron chi connectivity index (χ3n) is 6.80. The summed E-state index contributed by atoms with van der Waals surface area (Å²) in [5, 5.41) is 25.5. The number of para-hydroxylation sites is 1. The number of aromatic nitrogens is 1. The molecule has 4 rings (SSSR count). The lowest BCUT2D eigenvalue weighted by Crippen LogP contribution is -2.51. The highest BCUT2D eigenvalue weighted by Crippen LogP contribution is 2.38. The first-order chi connectivity index (χ1) is 15.8. The molecule has 3 heterocycles. The van der Waals surface area contributed by atoms with Gasteiger partial charge in [-0.2, -0.15) is 0 Å². The summed E-state index contributed by atoms with van der Waals surface area (Å²) in [6, 6.07) is 8.86. The van der Waals surface area contributed by atoms with Crippen LogP contribution in [0.15, 0.2) is 34.9 Å². The lowest BCUT2D eigenvalue weighted by atomic mass is 9.72. The fourth-order valence-electron chi connectivity index (χ4n) is 4.84. The molecule has 1 aromatic heterocycles. The number of aryl methyl sites for hydroxylation is 1. The number of rotatable bonds is 1. The number of carbonyl (C=O) groups is 2. The highest BCUT2D eigenvalue weighted by Gasteiger charge is 2.41. The Balaban J connectivity index is 1.52. The van der Waals surface area contributed by atoms with Gasteiger partial charge in [-0.25, -0.2) is 0 Å². The van der Waals surface area contributed by atoms with Gasteiger partial charge in [0.15, 0.2) is 12.3 Å². The maximum Gasteiger partial charge on any atom is 0.276 e. The smallest absolute Gasteiger partial charge is 0.276 e. The molecule has 2 aromatic rings. The van der Waals surface area contributed by atoms with Gasteiger partial charge < -0.3 is 29.3 Å². The predicted octanol–water partition coefficient (Wildman–Crippen LogP) is 1.41. The first kappa shape index (κ1) is 23.3. The average molecular weight is 458 g/mol. The Labute approximate surface area is 192 Å². The van der Waals surface area contributed by atoms with Gasteiger partial charge >= 0.3 is 0 Å². The molecule has 9 nitrogen and oxygen atoms in total. The number of aliphatic hydroxyl groups excluding tert-OH is 2. The Kier molecular flexibility index (Phi) is 6.71. The molecule has 0 saturated carbocycles. The number of likely N-dealkylation sites (N-methyl/N-ethyl adjacent to an activating group) is 1. The van der Waals surface area contributed by atoms with Gasteiger partial charge in [0.2, 0.25) is 0 Å². The van der Waals surface area contributed by atoms with Crippen LogP contribution in [0.4, 0.5) is 0 Å². The Hall–Kier alpha value is -2.91. The topological polar surface area (TPSA) is 116 Å². The van der Waals surface area contributed by atoms with Gasteiger partial charge in [0, 0.05) is 39.2 Å². The van der Waals surface area contributed by atoms with Crippen LogP contribution in [0, 0.1) is 12.3 Å². The normalized spacial score (nSPS) is 23.9. The number of piperidine rings is 1. The van der Waals surface area contributed by atoms with Crippen molar-refractivity contribution in [3.63, 3.8) is 0 Å². The molecule has 178 valence electrons. The fourth-order valence-corrected chi connectivity index (χ4v) is 4.84. The minimum Gasteiger partial charge on any atom is -0.483 e. The van der Waals surface area contributed by atoms with E-state index < -0.39 is 17.6 Å². The van der Waals surface area contributed by atoms with Crippen LogP contribution < -0.4 is 4.74 Å². The second-order valence-electron chi connectivity index (χ2n) is 9.30. The molecule has 2 aliphatic heterocycles. The second kappa shape index (κ2) is 9.52. The Morgan fingerprint density at radius 3 is 2.61 bits per heavy atom. The van der Waals surface area contributed by atoms with Crippen molar-refractivity contribution in [2.45, 2.75) is 44.8 Å². The van der Waals surface area contributed by atoms with Crippen LogP contribution in [0.1, 0.15) is 41.1 Å². The summed E-state index contributed by atoms with van der Waals surface area (Å²) in [7, 11) is 1.73. The number of fused-ring (bicyclic) bond motifs is 1. The molecule has 1 saturated heterocycles. The van der Waals surface area contributed by atoms with E-state index in [1.807, 2.05) is 18.2 Å². The van der Waals surface area contributed by atoms with Crippen LogP contribution in [0.2, 0.25) is 0 Å². The molecule has 2 atom stereocenters. The quantitative estimate of drug-likeness (QED) is 0.665. The molecule has 1 spiro atoms. The molecule has 1 aromatic carbocycles. The zero-order chi connectivity index (χ0) is 23.6. The van der Waals surface area contributed by atoms with Gasteiger partial charge in [-0.05, 0) is 43.2 Å². The number of aliphatic hydroxyl groups is 2. The molecule has 2 amide bonds. The number of carbonyl (C=O) groups excluding carboxylic acids is 2.